The zero-order valence-electron chi connectivity index (χ0n) is 17.4. The lowest BCUT2D eigenvalue weighted by molar-refractivity contribution is 0.340. The van der Waals surface area contributed by atoms with Crippen LogP contribution in [0, 0.1) is 20.8 Å². The number of aromatic nitrogens is 1. The van der Waals surface area contributed by atoms with Gasteiger partial charge in [0, 0.05) is 12.6 Å². The summed E-state index contributed by atoms with van der Waals surface area (Å²) in [7, 11) is -2.08. The number of sulfonamides is 1. The summed E-state index contributed by atoms with van der Waals surface area (Å²) < 4.78 is 38.6. The summed E-state index contributed by atoms with van der Waals surface area (Å²) in [6, 6.07) is 12.9. The van der Waals surface area contributed by atoms with E-state index in [4.69, 9.17) is 9.15 Å². The van der Waals surface area contributed by atoms with Gasteiger partial charge < -0.3 is 9.15 Å². The highest BCUT2D eigenvalue weighted by Crippen LogP contribution is 2.26. The van der Waals surface area contributed by atoms with Crippen LogP contribution in [0.25, 0.3) is 11.5 Å². The fourth-order valence-electron chi connectivity index (χ4n) is 3.01. The molecule has 1 aromatic heterocycles. The normalized spacial score (nSPS) is 11.8. The van der Waals surface area contributed by atoms with Crippen LogP contribution < -0.4 is 4.74 Å². The number of rotatable bonds is 7. The molecule has 29 heavy (non-hydrogen) atoms. The van der Waals surface area contributed by atoms with Gasteiger partial charge in [-0.05, 0) is 69.2 Å². The number of ether oxygens (including phenoxy) is 1. The first-order valence-corrected chi connectivity index (χ1v) is 10.9. The molecule has 0 N–H and O–H groups in total. The summed E-state index contributed by atoms with van der Waals surface area (Å²) in [6.45, 7) is 8.12. The molecule has 0 unspecified atom stereocenters. The van der Waals surface area contributed by atoms with E-state index in [1.807, 2.05) is 50.2 Å². The van der Waals surface area contributed by atoms with Crippen LogP contribution in [0.3, 0.4) is 0 Å². The SMILES string of the molecule is CCOc1ccc(-c2nc(CN(C)S(=O)(=O)c3cc(C)ccc3C)c(C)o2)cc1. The lowest BCUT2D eigenvalue weighted by atomic mass is 10.2. The Balaban J connectivity index is 1.84. The van der Waals surface area contributed by atoms with Crippen molar-refractivity contribution in [1.82, 2.24) is 9.29 Å². The Hall–Kier alpha value is -2.64. The molecule has 7 heteroatoms. The predicted octanol–water partition coefficient (Wildman–Crippen LogP) is 4.49. The average molecular weight is 415 g/mol. The monoisotopic (exact) mass is 414 g/mol. The Bertz CT molecular complexity index is 1100. The van der Waals surface area contributed by atoms with Gasteiger partial charge in [0.05, 0.1) is 23.7 Å². The summed E-state index contributed by atoms with van der Waals surface area (Å²) in [6.07, 6.45) is 0. The van der Waals surface area contributed by atoms with Crippen molar-refractivity contribution in [2.24, 2.45) is 0 Å². The van der Waals surface area contributed by atoms with Gasteiger partial charge in [0.1, 0.15) is 11.5 Å². The zero-order chi connectivity index (χ0) is 21.2. The molecule has 0 aliphatic carbocycles. The molecule has 0 atom stereocenters. The molecule has 6 nitrogen and oxygen atoms in total. The summed E-state index contributed by atoms with van der Waals surface area (Å²) in [4.78, 5) is 4.84. The third kappa shape index (κ3) is 4.52. The maximum atomic E-state index is 13.1. The molecular formula is C22H26N2O4S. The van der Waals surface area contributed by atoms with Crippen molar-refractivity contribution >= 4 is 10.0 Å². The lowest BCUT2D eigenvalue weighted by Gasteiger charge is -2.18. The Kier molecular flexibility index (Phi) is 6.10. The number of hydrogen-bond donors (Lipinski definition) is 0. The summed E-state index contributed by atoms with van der Waals surface area (Å²) in [5.74, 6) is 1.83. The summed E-state index contributed by atoms with van der Waals surface area (Å²) >= 11 is 0. The molecule has 3 aromatic rings. The van der Waals surface area contributed by atoms with E-state index in [1.165, 1.54) is 4.31 Å². The molecule has 0 aliphatic heterocycles. The molecule has 2 aromatic carbocycles. The van der Waals surface area contributed by atoms with Gasteiger partial charge in [-0.15, -0.1) is 0 Å². The van der Waals surface area contributed by atoms with E-state index in [0.29, 0.717) is 28.8 Å². The third-order valence-corrected chi connectivity index (χ3v) is 6.65. The highest BCUT2D eigenvalue weighted by molar-refractivity contribution is 7.89. The first kappa shape index (κ1) is 21.1. The number of nitrogens with zero attached hydrogens (tertiary/aromatic N) is 2. The van der Waals surface area contributed by atoms with Gasteiger partial charge in [-0.1, -0.05) is 12.1 Å². The van der Waals surface area contributed by atoms with E-state index in [2.05, 4.69) is 4.98 Å². The summed E-state index contributed by atoms with van der Waals surface area (Å²) in [5.41, 5.74) is 3.01. The van der Waals surface area contributed by atoms with Crippen LogP contribution in [0.4, 0.5) is 0 Å². The van der Waals surface area contributed by atoms with Gasteiger partial charge in [-0.2, -0.15) is 4.31 Å². The number of benzene rings is 2. The second kappa shape index (κ2) is 8.39. The quantitative estimate of drug-likeness (QED) is 0.570. The molecule has 0 saturated heterocycles. The first-order valence-electron chi connectivity index (χ1n) is 9.45. The molecule has 1 heterocycles. The van der Waals surface area contributed by atoms with Crippen molar-refractivity contribution < 1.29 is 17.6 Å². The molecule has 0 aliphatic rings. The largest absolute Gasteiger partial charge is 0.494 e. The van der Waals surface area contributed by atoms with Gasteiger partial charge in [0.25, 0.3) is 0 Å². The lowest BCUT2D eigenvalue weighted by Crippen LogP contribution is -2.27. The smallest absolute Gasteiger partial charge is 0.243 e. The third-order valence-electron chi connectivity index (χ3n) is 4.71. The molecule has 0 fully saturated rings. The second-order valence-corrected chi connectivity index (χ2v) is 9.02. The van der Waals surface area contributed by atoms with Gasteiger partial charge in [-0.25, -0.2) is 13.4 Å². The average Bonchev–Trinajstić information content (AvgIpc) is 3.05. The van der Waals surface area contributed by atoms with E-state index in [1.54, 1.807) is 27.0 Å². The minimum absolute atomic E-state index is 0.127. The number of hydrogen-bond acceptors (Lipinski definition) is 5. The standard InChI is InChI=1S/C22H26N2O4S/c1-6-27-19-11-9-18(10-12-19)22-23-20(17(4)28-22)14-24(5)29(25,26)21-13-15(2)7-8-16(21)3/h7-13H,6,14H2,1-5H3. The van der Waals surface area contributed by atoms with Crippen LogP contribution in [0.1, 0.15) is 29.5 Å². The van der Waals surface area contributed by atoms with E-state index in [9.17, 15) is 8.42 Å². The minimum atomic E-state index is -3.64. The maximum Gasteiger partial charge on any atom is 0.243 e. The molecule has 154 valence electrons. The molecule has 0 radical (unpaired) electrons. The van der Waals surface area contributed by atoms with Crippen molar-refractivity contribution in [2.45, 2.75) is 39.1 Å². The first-order chi connectivity index (χ1) is 13.7. The zero-order valence-corrected chi connectivity index (χ0v) is 18.2. The van der Waals surface area contributed by atoms with Crippen LogP contribution in [0.15, 0.2) is 51.8 Å². The van der Waals surface area contributed by atoms with Gasteiger partial charge in [0.2, 0.25) is 15.9 Å². The van der Waals surface area contributed by atoms with Crippen molar-refractivity contribution in [3.8, 4) is 17.2 Å². The van der Waals surface area contributed by atoms with Crippen molar-refractivity contribution in [1.29, 1.82) is 0 Å². The van der Waals surface area contributed by atoms with Crippen LogP contribution in [-0.2, 0) is 16.6 Å². The molecule has 0 amide bonds. The maximum absolute atomic E-state index is 13.1. The van der Waals surface area contributed by atoms with Gasteiger partial charge in [0.15, 0.2) is 0 Å². The summed E-state index contributed by atoms with van der Waals surface area (Å²) in [5, 5.41) is 0. The Morgan fingerprint density at radius 2 is 1.76 bits per heavy atom. The van der Waals surface area contributed by atoms with E-state index in [0.717, 1.165) is 22.4 Å². The van der Waals surface area contributed by atoms with Crippen molar-refractivity contribution in [3.05, 3.63) is 65.0 Å². The van der Waals surface area contributed by atoms with Crippen LogP contribution in [-0.4, -0.2) is 31.4 Å². The predicted molar refractivity (Wildman–Crippen MR) is 112 cm³/mol. The van der Waals surface area contributed by atoms with Gasteiger partial charge in [-0.3, -0.25) is 0 Å². The van der Waals surface area contributed by atoms with E-state index >= 15 is 0 Å². The molecule has 0 bridgehead atoms. The topological polar surface area (TPSA) is 72.6 Å². The highest BCUT2D eigenvalue weighted by Gasteiger charge is 2.25. The van der Waals surface area contributed by atoms with Crippen LogP contribution in [0.2, 0.25) is 0 Å². The molecule has 3 rings (SSSR count). The Morgan fingerprint density at radius 3 is 2.41 bits per heavy atom. The van der Waals surface area contributed by atoms with Crippen LogP contribution >= 0.6 is 0 Å². The Morgan fingerprint density at radius 1 is 1.07 bits per heavy atom. The van der Waals surface area contributed by atoms with Crippen LogP contribution in [0.5, 0.6) is 5.75 Å². The fraction of sp³-hybridized carbons (Fsp3) is 0.318. The fourth-order valence-corrected chi connectivity index (χ4v) is 4.45. The molecule has 0 saturated carbocycles. The minimum Gasteiger partial charge on any atom is -0.494 e. The number of aryl methyl sites for hydroxylation is 3. The highest BCUT2D eigenvalue weighted by atomic mass is 32.2. The molecular weight excluding hydrogens is 388 g/mol. The Labute approximate surface area is 172 Å². The van der Waals surface area contributed by atoms with Crippen molar-refractivity contribution in [2.75, 3.05) is 13.7 Å². The molecule has 0 spiro atoms. The van der Waals surface area contributed by atoms with Gasteiger partial charge >= 0.3 is 0 Å². The van der Waals surface area contributed by atoms with Crippen molar-refractivity contribution in [3.63, 3.8) is 0 Å². The van der Waals surface area contributed by atoms with E-state index < -0.39 is 10.0 Å². The number of oxazole rings is 1. The second-order valence-electron chi connectivity index (χ2n) is 7.01. The van der Waals surface area contributed by atoms with E-state index in [-0.39, 0.29) is 6.54 Å².